The molecule has 0 aromatic carbocycles. The van der Waals surface area contributed by atoms with Gasteiger partial charge in [-0.3, -0.25) is 9.13 Å². The van der Waals surface area contributed by atoms with Crippen molar-refractivity contribution in [2.24, 2.45) is 0 Å². The molecule has 1 fully saturated rings. The Bertz CT molecular complexity index is 375. The van der Waals surface area contributed by atoms with E-state index in [1.165, 1.54) is 0 Å². The van der Waals surface area contributed by atoms with E-state index in [-0.39, 0.29) is 17.7 Å². The minimum atomic E-state index is -4.81. The van der Waals surface area contributed by atoms with Crippen molar-refractivity contribution < 1.29 is 45.6 Å². The zero-order valence-corrected chi connectivity index (χ0v) is 14.1. The largest absolute Gasteiger partial charge is 1.00 e. The van der Waals surface area contributed by atoms with Gasteiger partial charge in [0.2, 0.25) is 4.73 Å². The number of hydrogen-bond donors (Lipinski definition) is 4. The second kappa shape index (κ2) is 6.77. The van der Waals surface area contributed by atoms with Gasteiger partial charge in [-0.2, -0.15) is 0 Å². The number of likely N-dealkylation sites (tertiary alicyclic amines) is 1. The SMILES string of the molecule is C[N+]1(C)CCCC(SC(P(=O)(O)O)P(=O)(O)O)C1.[Cl-]. The maximum absolute atomic E-state index is 11.2. The number of thioether (sulfide) groups is 1. The molecule has 0 aromatic heterocycles. The quantitative estimate of drug-likeness (QED) is 0.328. The molecule has 1 atom stereocenters. The summed E-state index contributed by atoms with van der Waals surface area (Å²) in [5, 5.41) is -0.140. The third-order valence-electron chi connectivity index (χ3n) is 2.88. The van der Waals surface area contributed by atoms with E-state index in [0.29, 0.717) is 11.0 Å². The second-order valence-electron chi connectivity index (χ2n) is 5.25. The van der Waals surface area contributed by atoms with E-state index in [1.54, 1.807) is 0 Å². The molecule has 1 saturated heterocycles. The van der Waals surface area contributed by atoms with Crippen molar-refractivity contribution in [3.63, 3.8) is 0 Å². The molecule has 11 heteroatoms. The van der Waals surface area contributed by atoms with Gasteiger partial charge < -0.3 is 36.5 Å². The predicted octanol–water partition coefficient (Wildman–Crippen LogP) is -2.40. The average Bonchev–Trinajstić information content (AvgIpc) is 2.09. The Morgan fingerprint density at radius 3 is 2.00 bits per heavy atom. The van der Waals surface area contributed by atoms with Gasteiger partial charge in [0.1, 0.15) is 0 Å². The maximum Gasteiger partial charge on any atom is 0.350 e. The molecule has 1 heterocycles. The van der Waals surface area contributed by atoms with Crippen LogP contribution in [-0.4, -0.2) is 61.2 Å². The summed E-state index contributed by atoms with van der Waals surface area (Å²) in [7, 11) is -5.63. The van der Waals surface area contributed by atoms with E-state index in [1.807, 2.05) is 14.1 Å². The van der Waals surface area contributed by atoms with Crippen molar-refractivity contribution in [3.05, 3.63) is 0 Å². The molecule has 0 aliphatic carbocycles. The highest BCUT2D eigenvalue weighted by molar-refractivity contribution is 8.12. The Labute approximate surface area is 123 Å². The fraction of sp³-hybridized carbons (Fsp3) is 1.00. The Balaban J connectivity index is 0.00000324. The van der Waals surface area contributed by atoms with Crippen molar-refractivity contribution in [3.8, 4) is 0 Å². The van der Waals surface area contributed by atoms with E-state index in [4.69, 9.17) is 19.6 Å². The summed E-state index contributed by atoms with van der Waals surface area (Å²) in [4.78, 5) is 36.3. The van der Waals surface area contributed by atoms with Crippen molar-refractivity contribution in [1.82, 2.24) is 0 Å². The van der Waals surface area contributed by atoms with E-state index in [2.05, 4.69) is 0 Å². The van der Waals surface area contributed by atoms with Gasteiger partial charge in [-0.1, -0.05) is 0 Å². The van der Waals surface area contributed by atoms with Gasteiger partial charge in [0.25, 0.3) is 0 Å². The van der Waals surface area contributed by atoms with Crippen LogP contribution >= 0.6 is 27.0 Å². The highest BCUT2D eigenvalue weighted by Crippen LogP contribution is 2.65. The van der Waals surface area contributed by atoms with Crippen LogP contribution in [-0.2, 0) is 9.13 Å². The average molecular weight is 356 g/mol. The molecule has 0 aromatic rings. The molecule has 7 nitrogen and oxygen atoms in total. The monoisotopic (exact) mass is 355 g/mol. The van der Waals surface area contributed by atoms with Gasteiger partial charge in [-0.25, -0.2) is 0 Å². The van der Waals surface area contributed by atoms with Crippen LogP contribution in [0.2, 0.25) is 0 Å². The maximum atomic E-state index is 11.2. The normalized spacial score (nSPS) is 24.1. The first-order valence-electron chi connectivity index (χ1n) is 5.50. The minimum Gasteiger partial charge on any atom is -1.00 e. The summed E-state index contributed by atoms with van der Waals surface area (Å²) in [5.74, 6) is 0. The highest BCUT2D eigenvalue weighted by Gasteiger charge is 2.46. The minimum absolute atomic E-state index is 0. The predicted molar refractivity (Wildman–Crippen MR) is 70.3 cm³/mol. The summed E-state index contributed by atoms with van der Waals surface area (Å²) in [6, 6.07) is 0. The molecule has 0 saturated carbocycles. The smallest absolute Gasteiger partial charge is 0.350 e. The summed E-state index contributed by atoms with van der Waals surface area (Å²) < 4.78 is 21.1. The third kappa shape index (κ3) is 6.46. The van der Waals surface area contributed by atoms with Crippen LogP contribution in [0.15, 0.2) is 0 Å². The molecule has 0 radical (unpaired) electrons. The first kappa shape index (κ1) is 19.9. The van der Waals surface area contributed by atoms with Crippen LogP contribution in [0.5, 0.6) is 0 Å². The number of quaternary nitrogens is 1. The summed E-state index contributed by atoms with van der Waals surface area (Å²) in [6.07, 6.45) is 1.61. The first-order valence-corrected chi connectivity index (χ1v) is 9.80. The Morgan fingerprint density at radius 1 is 1.16 bits per heavy atom. The van der Waals surface area contributed by atoms with Crippen molar-refractivity contribution in [2.75, 3.05) is 27.2 Å². The van der Waals surface area contributed by atoms with Gasteiger partial charge >= 0.3 is 15.2 Å². The molecule has 116 valence electrons. The molecule has 0 spiro atoms. The zero-order valence-electron chi connectivity index (χ0n) is 10.7. The molecule has 19 heavy (non-hydrogen) atoms. The Hall–Kier alpha value is 0.900. The molecule has 0 amide bonds. The zero-order chi connectivity index (χ0) is 14.2. The number of nitrogens with zero attached hydrogens (tertiary/aromatic N) is 1. The molecule has 1 aliphatic heterocycles. The summed E-state index contributed by atoms with van der Waals surface area (Å²) in [5.41, 5.74) is 0. The van der Waals surface area contributed by atoms with E-state index < -0.39 is 19.9 Å². The van der Waals surface area contributed by atoms with Crippen LogP contribution in [0, 0.1) is 0 Å². The van der Waals surface area contributed by atoms with Crippen LogP contribution in [0.25, 0.3) is 0 Å². The van der Waals surface area contributed by atoms with Gasteiger partial charge in [-0.15, -0.1) is 11.8 Å². The molecule has 0 bridgehead atoms. The topological polar surface area (TPSA) is 115 Å². The third-order valence-corrected chi connectivity index (χ3v) is 9.22. The first-order chi connectivity index (χ1) is 7.92. The van der Waals surface area contributed by atoms with Gasteiger partial charge in [-0.05, 0) is 12.8 Å². The fourth-order valence-corrected chi connectivity index (χ4v) is 7.12. The Kier molecular flexibility index (Phi) is 7.09. The summed E-state index contributed by atoms with van der Waals surface area (Å²) >= 11 is 0.740. The number of piperidine rings is 1. The van der Waals surface area contributed by atoms with E-state index >= 15 is 0 Å². The highest BCUT2D eigenvalue weighted by atomic mass is 35.5. The molecule has 4 N–H and O–H groups in total. The van der Waals surface area contributed by atoms with E-state index in [0.717, 1.165) is 31.1 Å². The summed E-state index contributed by atoms with van der Waals surface area (Å²) in [6.45, 7) is 1.62. The molecular formula is C8H20ClNO6P2S. The molecule has 1 rings (SSSR count). The number of rotatable bonds is 4. The van der Waals surface area contributed by atoms with E-state index in [9.17, 15) is 9.13 Å². The van der Waals surface area contributed by atoms with Crippen LogP contribution < -0.4 is 12.4 Å². The Morgan fingerprint density at radius 2 is 1.63 bits per heavy atom. The van der Waals surface area contributed by atoms with Crippen LogP contribution in [0.4, 0.5) is 0 Å². The lowest BCUT2D eigenvalue weighted by molar-refractivity contribution is -0.894. The lowest BCUT2D eigenvalue weighted by Gasteiger charge is -2.38. The van der Waals surface area contributed by atoms with Crippen molar-refractivity contribution in [1.29, 1.82) is 0 Å². The number of hydrogen-bond acceptors (Lipinski definition) is 3. The number of halogens is 1. The standard InChI is InChI=1S/C8H19NO6P2S.ClH/c1-9(2)5-3-4-7(6-9)18-8(16(10,11)12)17(13,14)15;/h7-8H,3-6H2,1-2H3,(H3-,10,11,12,13,14,15);1H. The fourth-order valence-electron chi connectivity index (χ4n) is 2.12. The van der Waals surface area contributed by atoms with Crippen LogP contribution in [0.3, 0.4) is 0 Å². The molecular weight excluding hydrogens is 336 g/mol. The van der Waals surface area contributed by atoms with Crippen molar-refractivity contribution >= 4 is 27.0 Å². The lowest BCUT2D eigenvalue weighted by Crippen LogP contribution is -3.00. The van der Waals surface area contributed by atoms with Gasteiger partial charge in [0.15, 0.2) is 0 Å². The lowest BCUT2D eigenvalue weighted by atomic mass is 10.1. The molecule has 1 aliphatic rings. The molecule has 1 unspecified atom stereocenters. The second-order valence-corrected chi connectivity index (χ2v) is 11.2. The van der Waals surface area contributed by atoms with Gasteiger partial charge in [0, 0.05) is 0 Å². The van der Waals surface area contributed by atoms with Crippen molar-refractivity contribution in [2.45, 2.75) is 22.8 Å². The van der Waals surface area contributed by atoms with Crippen LogP contribution in [0.1, 0.15) is 12.8 Å². The van der Waals surface area contributed by atoms with Gasteiger partial charge in [0.05, 0.1) is 32.4 Å².